The molecular weight excluding hydrogens is 154 g/mol. The van der Waals surface area contributed by atoms with Crippen LogP contribution in [0.3, 0.4) is 0 Å². The van der Waals surface area contributed by atoms with Gasteiger partial charge in [0.25, 0.3) is 5.91 Å². The molecule has 1 amide bonds. The molecule has 64 valence electrons. The number of likely N-dealkylation sites (N-methyl/N-ethyl adjacent to an activating group) is 1. The lowest BCUT2D eigenvalue weighted by atomic mass is 10.3. The van der Waals surface area contributed by atoms with E-state index in [9.17, 15) is 4.79 Å². The number of hydrogen-bond donors (Lipinski definition) is 1. The van der Waals surface area contributed by atoms with E-state index in [1.165, 1.54) is 0 Å². The summed E-state index contributed by atoms with van der Waals surface area (Å²) in [4.78, 5) is 13.2. The molecule has 0 atom stereocenters. The molecule has 1 aliphatic heterocycles. The Morgan fingerprint density at radius 3 is 3.00 bits per heavy atom. The Kier molecular flexibility index (Phi) is 1.36. The first-order valence-electron chi connectivity index (χ1n) is 3.90. The van der Waals surface area contributed by atoms with Gasteiger partial charge in [0.15, 0.2) is 0 Å². The molecule has 0 unspecified atom stereocenters. The average molecular weight is 165 g/mol. The van der Waals surface area contributed by atoms with Gasteiger partial charge in [-0.15, -0.1) is 0 Å². The van der Waals surface area contributed by atoms with Gasteiger partial charge in [-0.25, -0.2) is 0 Å². The summed E-state index contributed by atoms with van der Waals surface area (Å²) in [6.07, 6.45) is 1.86. The molecule has 4 nitrogen and oxygen atoms in total. The fourth-order valence-electron chi connectivity index (χ4n) is 1.46. The van der Waals surface area contributed by atoms with Gasteiger partial charge in [0.1, 0.15) is 5.69 Å². The second-order valence-electron chi connectivity index (χ2n) is 3.04. The van der Waals surface area contributed by atoms with E-state index in [1.807, 2.05) is 10.8 Å². The van der Waals surface area contributed by atoms with Crippen molar-refractivity contribution in [3.05, 3.63) is 18.0 Å². The maximum absolute atomic E-state index is 11.5. The topological polar surface area (TPSA) is 51.3 Å². The van der Waals surface area contributed by atoms with Crippen molar-refractivity contribution in [1.82, 2.24) is 9.47 Å². The third kappa shape index (κ3) is 0.809. The number of carbonyl (C=O) groups excluding carboxylic acids is 1. The number of nitrogens with zero attached hydrogens (tertiary/aromatic N) is 2. The summed E-state index contributed by atoms with van der Waals surface area (Å²) >= 11 is 0. The molecule has 4 heteroatoms. The highest BCUT2D eigenvalue weighted by Crippen LogP contribution is 2.18. The molecule has 1 aliphatic rings. The SMILES string of the molecule is CN1CCn2ccc(N)c2C1=O. The Morgan fingerprint density at radius 2 is 2.25 bits per heavy atom. The third-order valence-electron chi connectivity index (χ3n) is 2.22. The molecule has 0 aliphatic carbocycles. The van der Waals surface area contributed by atoms with Crippen LogP contribution in [0.4, 0.5) is 5.69 Å². The molecule has 0 saturated carbocycles. The second-order valence-corrected chi connectivity index (χ2v) is 3.04. The first-order chi connectivity index (χ1) is 5.70. The molecule has 2 N–H and O–H groups in total. The predicted octanol–water partition coefficient (Wildman–Crippen LogP) is 0.156. The average Bonchev–Trinajstić information content (AvgIpc) is 2.41. The van der Waals surface area contributed by atoms with Crippen molar-refractivity contribution in [2.45, 2.75) is 6.54 Å². The van der Waals surface area contributed by atoms with E-state index in [2.05, 4.69) is 0 Å². The standard InChI is InChI=1S/C8H11N3O/c1-10-4-5-11-3-2-6(9)7(11)8(10)12/h2-3H,4-5,9H2,1H3. The zero-order chi connectivity index (χ0) is 8.72. The number of fused-ring (bicyclic) bond motifs is 1. The minimum absolute atomic E-state index is 0.0174. The molecule has 12 heavy (non-hydrogen) atoms. The number of nitrogen functional groups attached to an aromatic ring is 1. The Labute approximate surface area is 70.6 Å². The highest BCUT2D eigenvalue weighted by molar-refractivity contribution is 5.98. The van der Waals surface area contributed by atoms with E-state index in [1.54, 1.807) is 18.0 Å². The number of nitrogens with two attached hydrogens (primary N) is 1. The number of aromatic nitrogens is 1. The Balaban J connectivity index is 2.53. The van der Waals surface area contributed by atoms with E-state index < -0.39 is 0 Å². The highest BCUT2D eigenvalue weighted by Gasteiger charge is 2.23. The lowest BCUT2D eigenvalue weighted by Crippen LogP contribution is -2.37. The van der Waals surface area contributed by atoms with Gasteiger partial charge in [-0.3, -0.25) is 4.79 Å². The monoisotopic (exact) mass is 165 g/mol. The van der Waals surface area contributed by atoms with Gasteiger partial charge in [0.2, 0.25) is 0 Å². The number of carbonyl (C=O) groups is 1. The quantitative estimate of drug-likeness (QED) is 0.595. The largest absolute Gasteiger partial charge is 0.397 e. The van der Waals surface area contributed by atoms with Gasteiger partial charge in [0.05, 0.1) is 5.69 Å². The highest BCUT2D eigenvalue weighted by atomic mass is 16.2. The minimum Gasteiger partial charge on any atom is -0.397 e. The number of amides is 1. The Morgan fingerprint density at radius 1 is 1.50 bits per heavy atom. The summed E-state index contributed by atoms with van der Waals surface area (Å²) in [7, 11) is 1.79. The zero-order valence-electron chi connectivity index (χ0n) is 6.95. The summed E-state index contributed by atoms with van der Waals surface area (Å²) in [5.74, 6) is 0.0174. The van der Waals surface area contributed by atoms with Crippen LogP contribution in [0.25, 0.3) is 0 Å². The van der Waals surface area contributed by atoms with E-state index in [0.717, 1.165) is 13.1 Å². The van der Waals surface area contributed by atoms with Crippen molar-refractivity contribution in [3.8, 4) is 0 Å². The van der Waals surface area contributed by atoms with Crippen molar-refractivity contribution in [2.24, 2.45) is 0 Å². The van der Waals surface area contributed by atoms with Crippen molar-refractivity contribution in [3.63, 3.8) is 0 Å². The molecule has 0 fully saturated rings. The number of rotatable bonds is 0. The Bertz CT molecular complexity index is 329. The number of anilines is 1. The van der Waals surface area contributed by atoms with E-state index in [-0.39, 0.29) is 5.91 Å². The van der Waals surface area contributed by atoms with Gasteiger partial charge in [-0.05, 0) is 6.07 Å². The van der Waals surface area contributed by atoms with Gasteiger partial charge in [-0.1, -0.05) is 0 Å². The van der Waals surface area contributed by atoms with Gasteiger partial charge >= 0.3 is 0 Å². The van der Waals surface area contributed by atoms with Crippen LogP contribution >= 0.6 is 0 Å². The summed E-state index contributed by atoms with van der Waals surface area (Å²) < 4.78 is 1.90. The molecule has 1 aromatic heterocycles. The van der Waals surface area contributed by atoms with Crippen molar-refractivity contribution in [1.29, 1.82) is 0 Å². The summed E-state index contributed by atoms with van der Waals surface area (Å²) in [5, 5.41) is 0. The molecule has 2 rings (SSSR count). The first-order valence-corrected chi connectivity index (χ1v) is 3.90. The summed E-state index contributed by atoms with van der Waals surface area (Å²) in [6.45, 7) is 1.61. The third-order valence-corrected chi connectivity index (χ3v) is 2.22. The van der Waals surface area contributed by atoms with E-state index in [0.29, 0.717) is 11.4 Å². The first kappa shape index (κ1) is 7.21. The second kappa shape index (κ2) is 2.27. The van der Waals surface area contributed by atoms with Gasteiger partial charge in [0, 0.05) is 26.3 Å². The van der Waals surface area contributed by atoms with Crippen molar-refractivity contribution >= 4 is 11.6 Å². The van der Waals surface area contributed by atoms with Crippen molar-refractivity contribution < 1.29 is 4.79 Å². The predicted molar refractivity (Wildman–Crippen MR) is 45.8 cm³/mol. The molecular formula is C8H11N3O. The van der Waals surface area contributed by atoms with Crippen LogP contribution in [-0.4, -0.2) is 29.0 Å². The molecule has 1 aromatic rings. The van der Waals surface area contributed by atoms with Crippen LogP contribution in [-0.2, 0) is 6.54 Å². The molecule has 0 spiro atoms. The summed E-state index contributed by atoms with van der Waals surface area (Å²) in [5.41, 5.74) is 6.85. The lowest BCUT2D eigenvalue weighted by Gasteiger charge is -2.24. The van der Waals surface area contributed by atoms with E-state index in [4.69, 9.17) is 5.73 Å². The smallest absolute Gasteiger partial charge is 0.272 e. The molecule has 0 aromatic carbocycles. The molecule has 2 heterocycles. The fraction of sp³-hybridized carbons (Fsp3) is 0.375. The van der Waals surface area contributed by atoms with Crippen LogP contribution in [0.15, 0.2) is 12.3 Å². The molecule has 0 saturated heterocycles. The van der Waals surface area contributed by atoms with Crippen LogP contribution in [0.2, 0.25) is 0 Å². The maximum Gasteiger partial charge on any atom is 0.272 e. The van der Waals surface area contributed by atoms with Crippen LogP contribution in [0, 0.1) is 0 Å². The number of hydrogen-bond acceptors (Lipinski definition) is 2. The van der Waals surface area contributed by atoms with Crippen LogP contribution in [0.1, 0.15) is 10.5 Å². The maximum atomic E-state index is 11.5. The zero-order valence-corrected chi connectivity index (χ0v) is 6.95. The van der Waals surface area contributed by atoms with Crippen molar-refractivity contribution in [2.75, 3.05) is 19.3 Å². The summed E-state index contributed by atoms with van der Waals surface area (Å²) in [6, 6.07) is 1.77. The van der Waals surface area contributed by atoms with Crippen LogP contribution in [0.5, 0.6) is 0 Å². The fourth-order valence-corrected chi connectivity index (χ4v) is 1.46. The van der Waals surface area contributed by atoms with Crippen LogP contribution < -0.4 is 5.73 Å². The Hall–Kier alpha value is -1.45. The molecule has 0 bridgehead atoms. The normalized spacial score (nSPS) is 16.4. The van der Waals surface area contributed by atoms with Gasteiger partial charge < -0.3 is 15.2 Å². The van der Waals surface area contributed by atoms with Gasteiger partial charge in [-0.2, -0.15) is 0 Å². The lowest BCUT2D eigenvalue weighted by molar-refractivity contribution is 0.0750. The van der Waals surface area contributed by atoms with E-state index >= 15 is 0 Å². The molecule has 0 radical (unpaired) electrons. The minimum atomic E-state index is 0.0174.